The SMILES string of the molecule is N[C@@H](CCCc1ccc(C2(C(F)(F)F)N=N2)cc1)C(=O)O. The summed E-state index contributed by atoms with van der Waals surface area (Å²) in [5, 5.41) is 14.9. The van der Waals surface area contributed by atoms with Crippen molar-refractivity contribution in [3.63, 3.8) is 0 Å². The zero-order valence-electron chi connectivity index (χ0n) is 11.0. The van der Waals surface area contributed by atoms with Crippen molar-refractivity contribution < 1.29 is 23.1 Å². The molecular formula is C13H14F3N3O2. The van der Waals surface area contributed by atoms with E-state index in [-0.39, 0.29) is 5.56 Å². The lowest BCUT2D eigenvalue weighted by molar-refractivity contribution is -0.166. The van der Waals surface area contributed by atoms with Crippen LogP contribution in [0.15, 0.2) is 34.5 Å². The van der Waals surface area contributed by atoms with Crippen LogP contribution in [0.25, 0.3) is 0 Å². The third-order valence-corrected chi connectivity index (χ3v) is 3.35. The Morgan fingerprint density at radius 3 is 2.29 bits per heavy atom. The summed E-state index contributed by atoms with van der Waals surface area (Å²) >= 11 is 0. The van der Waals surface area contributed by atoms with E-state index in [4.69, 9.17) is 10.8 Å². The first kappa shape index (κ1) is 15.4. The molecular weight excluding hydrogens is 287 g/mol. The molecule has 8 heteroatoms. The van der Waals surface area contributed by atoms with Gasteiger partial charge >= 0.3 is 17.8 Å². The van der Waals surface area contributed by atoms with E-state index in [1.807, 2.05) is 0 Å². The normalized spacial score (nSPS) is 17.5. The largest absolute Gasteiger partial charge is 0.480 e. The lowest BCUT2D eigenvalue weighted by atomic mass is 9.99. The van der Waals surface area contributed by atoms with Crippen LogP contribution in [0, 0.1) is 0 Å². The number of benzene rings is 1. The summed E-state index contributed by atoms with van der Waals surface area (Å²) in [4.78, 5) is 10.5. The van der Waals surface area contributed by atoms with Crippen LogP contribution in [-0.4, -0.2) is 23.3 Å². The Bertz CT molecular complexity index is 549. The first-order valence-corrected chi connectivity index (χ1v) is 6.35. The number of rotatable bonds is 6. The highest BCUT2D eigenvalue weighted by atomic mass is 19.4. The van der Waals surface area contributed by atoms with E-state index in [2.05, 4.69) is 10.2 Å². The average Bonchev–Trinajstić information content (AvgIpc) is 3.20. The van der Waals surface area contributed by atoms with Crippen molar-refractivity contribution in [1.82, 2.24) is 0 Å². The Morgan fingerprint density at radius 1 is 1.29 bits per heavy atom. The van der Waals surface area contributed by atoms with Gasteiger partial charge in [-0.15, -0.1) is 10.2 Å². The molecule has 114 valence electrons. The average molecular weight is 301 g/mol. The topological polar surface area (TPSA) is 88.0 Å². The van der Waals surface area contributed by atoms with Gasteiger partial charge in [0.2, 0.25) is 0 Å². The number of aryl methyl sites for hydroxylation is 1. The Hall–Kier alpha value is -1.96. The number of aliphatic carboxylic acids is 1. The third kappa shape index (κ3) is 3.21. The van der Waals surface area contributed by atoms with Crippen molar-refractivity contribution in [2.45, 2.75) is 37.1 Å². The van der Waals surface area contributed by atoms with Crippen molar-refractivity contribution in [1.29, 1.82) is 0 Å². The summed E-state index contributed by atoms with van der Waals surface area (Å²) in [7, 11) is 0. The maximum Gasteiger partial charge on any atom is 0.442 e. The molecule has 2 rings (SSSR count). The Kier molecular flexibility index (Phi) is 3.99. The van der Waals surface area contributed by atoms with Gasteiger partial charge in [0.25, 0.3) is 0 Å². The van der Waals surface area contributed by atoms with E-state index >= 15 is 0 Å². The van der Waals surface area contributed by atoms with Crippen LogP contribution < -0.4 is 5.73 Å². The lowest BCUT2D eigenvalue weighted by Crippen LogP contribution is -2.30. The van der Waals surface area contributed by atoms with Crippen LogP contribution in [0.1, 0.15) is 24.0 Å². The molecule has 0 spiro atoms. The molecule has 0 aliphatic carbocycles. The zero-order chi connectivity index (χ0) is 15.7. The number of carboxylic acids is 1. The molecule has 0 aromatic heterocycles. The summed E-state index contributed by atoms with van der Waals surface area (Å²) in [6, 6.07) is 4.92. The number of nitrogens with two attached hydrogens (primary N) is 1. The highest BCUT2D eigenvalue weighted by Gasteiger charge is 2.65. The predicted octanol–water partition coefficient (Wildman–Crippen LogP) is 2.60. The second-order valence-corrected chi connectivity index (χ2v) is 4.90. The number of nitrogens with zero attached hydrogens (tertiary/aromatic N) is 2. The molecule has 3 N–H and O–H groups in total. The molecule has 0 unspecified atom stereocenters. The minimum Gasteiger partial charge on any atom is -0.480 e. The smallest absolute Gasteiger partial charge is 0.442 e. The van der Waals surface area contributed by atoms with Crippen LogP contribution in [0.4, 0.5) is 13.2 Å². The van der Waals surface area contributed by atoms with Crippen LogP contribution in [0.2, 0.25) is 0 Å². The molecule has 1 aliphatic heterocycles. The monoisotopic (exact) mass is 301 g/mol. The lowest BCUT2D eigenvalue weighted by Gasteiger charge is -2.15. The molecule has 0 radical (unpaired) electrons. The number of carbonyl (C=O) groups is 1. The van der Waals surface area contributed by atoms with Gasteiger partial charge < -0.3 is 10.8 Å². The number of alkyl halides is 3. The fraction of sp³-hybridized carbons (Fsp3) is 0.462. The summed E-state index contributed by atoms with van der Waals surface area (Å²) in [6.45, 7) is 0. The number of hydrogen-bond acceptors (Lipinski definition) is 4. The number of halogens is 3. The van der Waals surface area contributed by atoms with Crippen molar-refractivity contribution in [2.24, 2.45) is 16.0 Å². The van der Waals surface area contributed by atoms with Crippen LogP contribution in [-0.2, 0) is 16.9 Å². The van der Waals surface area contributed by atoms with Gasteiger partial charge in [-0.05, 0) is 24.8 Å². The van der Waals surface area contributed by atoms with Crippen molar-refractivity contribution in [2.75, 3.05) is 0 Å². The second-order valence-electron chi connectivity index (χ2n) is 4.90. The van der Waals surface area contributed by atoms with E-state index in [0.29, 0.717) is 19.3 Å². The molecule has 0 saturated heterocycles. The van der Waals surface area contributed by atoms with E-state index in [0.717, 1.165) is 5.56 Å². The van der Waals surface area contributed by atoms with Crippen molar-refractivity contribution in [3.8, 4) is 0 Å². The maximum absolute atomic E-state index is 12.8. The molecule has 0 saturated carbocycles. The van der Waals surface area contributed by atoms with Crippen molar-refractivity contribution in [3.05, 3.63) is 35.4 Å². The summed E-state index contributed by atoms with van der Waals surface area (Å²) in [5.41, 5.74) is 3.78. The molecule has 1 aliphatic rings. The first-order valence-electron chi connectivity index (χ1n) is 6.35. The molecule has 21 heavy (non-hydrogen) atoms. The Morgan fingerprint density at radius 2 is 1.86 bits per heavy atom. The van der Waals surface area contributed by atoms with Gasteiger partial charge in [0.1, 0.15) is 6.04 Å². The molecule has 0 fully saturated rings. The molecule has 0 bridgehead atoms. The van der Waals surface area contributed by atoms with Gasteiger partial charge in [-0.1, -0.05) is 24.3 Å². The molecule has 0 amide bonds. The summed E-state index contributed by atoms with van der Waals surface area (Å²) in [6.07, 6.45) is -3.11. The fourth-order valence-electron chi connectivity index (χ4n) is 2.00. The van der Waals surface area contributed by atoms with Gasteiger partial charge in [-0.25, -0.2) is 0 Å². The van der Waals surface area contributed by atoms with Gasteiger partial charge in [0.05, 0.1) is 0 Å². The Balaban J connectivity index is 1.93. The Labute approximate surface area is 118 Å². The molecule has 5 nitrogen and oxygen atoms in total. The van der Waals surface area contributed by atoms with E-state index in [9.17, 15) is 18.0 Å². The highest BCUT2D eigenvalue weighted by molar-refractivity contribution is 5.72. The summed E-state index contributed by atoms with van der Waals surface area (Å²) < 4.78 is 38.4. The standard InChI is InChI=1S/C13H14F3N3O2/c14-13(15,16)12(18-19-12)9-6-4-8(5-7-9)2-1-3-10(17)11(20)21/h4-7,10H,1-3,17H2,(H,20,21)/t10-/m0/s1. The quantitative estimate of drug-likeness (QED) is 0.846. The van der Waals surface area contributed by atoms with E-state index in [1.165, 1.54) is 12.1 Å². The third-order valence-electron chi connectivity index (χ3n) is 3.35. The van der Waals surface area contributed by atoms with E-state index < -0.39 is 23.9 Å². The number of hydrogen-bond donors (Lipinski definition) is 2. The van der Waals surface area contributed by atoms with Crippen LogP contribution >= 0.6 is 0 Å². The highest BCUT2D eigenvalue weighted by Crippen LogP contribution is 2.52. The second kappa shape index (κ2) is 5.44. The van der Waals surface area contributed by atoms with Crippen LogP contribution in [0.3, 0.4) is 0 Å². The van der Waals surface area contributed by atoms with E-state index in [1.54, 1.807) is 12.1 Å². The van der Waals surface area contributed by atoms with Crippen molar-refractivity contribution >= 4 is 5.97 Å². The predicted molar refractivity (Wildman–Crippen MR) is 67.6 cm³/mol. The minimum absolute atomic E-state index is 0.0130. The van der Waals surface area contributed by atoms with Gasteiger partial charge in [-0.2, -0.15) is 13.2 Å². The molecule has 1 aromatic rings. The molecule has 1 heterocycles. The minimum atomic E-state index is -4.53. The number of carboxylic acid groups (broad SMARTS) is 1. The summed E-state index contributed by atoms with van der Waals surface area (Å²) in [5.74, 6) is -1.06. The molecule has 1 aromatic carbocycles. The van der Waals surface area contributed by atoms with Crippen LogP contribution in [0.5, 0.6) is 0 Å². The molecule has 1 atom stereocenters. The van der Waals surface area contributed by atoms with Gasteiger partial charge in [0.15, 0.2) is 0 Å². The zero-order valence-corrected chi connectivity index (χ0v) is 11.0. The first-order chi connectivity index (χ1) is 9.76. The van der Waals surface area contributed by atoms with Gasteiger partial charge in [-0.3, -0.25) is 4.79 Å². The maximum atomic E-state index is 12.8. The van der Waals surface area contributed by atoms with Gasteiger partial charge in [0, 0.05) is 5.56 Å². The fourth-order valence-corrected chi connectivity index (χ4v) is 2.00.